The summed E-state index contributed by atoms with van der Waals surface area (Å²) in [5.74, 6) is 0.453. The molecular formula is C20H18ClFN2O2. The van der Waals surface area contributed by atoms with Gasteiger partial charge in [0.1, 0.15) is 22.8 Å². The Morgan fingerprint density at radius 2 is 2.08 bits per heavy atom. The summed E-state index contributed by atoms with van der Waals surface area (Å²) in [6, 6.07) is 10.6. The lowest BCUT2D eigenvalue weighted by Gasteiger charge is -2.42. The fourth-order valence-corrected chi connectivity index (χ4v) is 4.10. The van der Waals surface area contributed by atoms with Gasteiger partial charge in [0.05, 0.1) is 12.0 Å². The molecule has 1 spiro atoms. The van der Waals surface area contributed by atoms with Crippen molar-refractivity contribution in [2.45, 2.75) is 24.1 Å². The summed E-state index contributed by atoms with van der Waals surface area (Å²) in [4.78, 5) is 17.4. The Labute approximate surface area is 156 Å². The van der Waals surface area contributed by atoms with Crippen LogP contribution in [0.5, 0.6) is 5.75 Å². The van der Waals surface area contributed by atoms with Crippen molar-refractivity contribution in [3.63, 3.8) is 0 Å². The van der Waals surface area contributed by atoms with E-state index in [-0.39, 0.29) is 5.91 Å². The first-order valence-electron chi connectivity index (χ1n) is 8.48. The fraction of sp³-hybridized carbons (Fsp3) is 0.300. The smallest absolute Gasteiger partial charge is 0.240 e. The van der Waals surface area contributed by atoms with Gasteiger partial charge in [-0.25, -0.2) is 4.39 Å². The summed E-state index contributed by atoms with van der Waals surface area (Å²) < 4.78 is 20.4. The van der Waals surface area contributed by atoms with Gasteiger partial charge in [-0.15, -0.1) is 11.6 Å². The lowest BCUT2D eigenvalue weighted by atomic mass is 9.66. The number of para-hydroxylation sites is 1. The van der Waals surface area contributed by atoms with Crippen molar-refractivity contribution >= 4 is 23.3 Å². The molecule has 2 aromatic carbocycles. The number of amidine groups is 1. The van der Waals surface area contributed by atoms with Gasteiger partial charge < -0.3 is 10.1 Å². The second-order valence-corrected chi connectivity index (χ2v) is 7.22. The maximum absolute atomic E-state index is 14.6. The second kappa shape index (κ2) is 6.09. The molecule has 1 N–H and O–H groups in total. The topological polar surface area (TPSA) is 50.7 Å². The molecule has 2 atom stereocenters. The molecule has 4 rings (SSSR count). The van der Waals surface area contributed by atoms with Crippen molar-refractivity contribution in [1.29, 1.82) is 0 Å². The summed E-state index contributed by atoms with van der Waals surface area (Å²) >= 11 is 6.19. The zero-order chi connectivity index (χ0) is 18.5. The molecule has 2 aliphatic rings. The Bertz CT molecular complexity index is 941. The maximum Gasteiger partial charge on any atom is 0.240 e. The Kier molecular flexibility index (Phi) is 3.99. The van der Waals surface area contributed by atoms with Crippen LogP contribution in [0.1, 0.15) is 41.0 Å². The number of hydrogen-bond acceptors (Lipinski definition) is 3. The summed E-state index contributed by atoms with van der Waals surface area (Å²) in [5.41, 5.74) is 1.51. The molecule has 0 fully saturated rings. The number of halogens is 2. The van der Waals surface area contributed by atoms with Gasteiger partial charge in [-0.05, 0) is 30.7 Å². The number of nitrogens with one attached hydrogen (secondary N) is 1. The quantitative estimate of drug-likeness (QED) is 0.776. The average molecular weight is 373 g/mol. The highest BCUT2D eigenvalue weighted by molar-refractivity contribution is 6.21. The van der Waals surface area contributed by atoms with Gasteiger partial charge in [0.15, 0.2) is 0 Å². The highest BCUT2D eigenvalue weighted by atomic mass is 35.5. The molecular weight excluding hydrogens is 355 g/mol. The van der Waals surface area contributed by atoms with Crippen molar-refractivity contribution in [3.05, 3.63) is 64.5 Å². The van der Waals surface area contributed by atoms with Crippen LogP contribution in [-0.4, -0.2) is 25.4 Å². The largest absolute Gasteiger partial charge is 0.493 e. The molecule has 0 saturated carbocycles. The average Bonchev–Trinajstić information content (AvgIpc) is 2.64. The minimum Gasteiger partial charge on any atom is -0.493 e. The van der Waals surface area contributed by atoms with Crippen molar-refractivity contribution in [3.8, 4) is 5.75 Å². The first-order chi connectivity index (χ1) is 12.5. The van der Waals surface area contributed by atoms with Crippen LogP contribution in [0.15, 0.2) is 41.4 Å². The van der Waals surface area contributed by atoms with Crippen LogP contribution < -0.4 is 10.1 Å². The van der Waals surface area contributed by atoms with Crippen LogP contribution in [0, 0.1) is 5.82 Å². The number of alkyl halides is 1. The molecule has 0 aliphatic carbocycles. The zero-order valence-corrected chi connectivity index (χ0v) is 15.2. The molecule has 0 bridgehead atoms. The molecule has 6 heteroatoms. The van der Waals surface area contributed by atoms with Gasteiger partial charge in [0.25, 0.3) is 0 Å². The van der Waals surface area contributed by atoms with Gasteiger partial charge in [-0.2, -0.15) is 0 Å². The van der Waals surface area contributed by atoms with E-state index in [2.05, 4.69) is 10.3 Å². The minimum atomic E-state index is -0.952. The maximum atomic E-state index is 14.6. The third-order valence-corrected chi connectivity index (χ3v) is 5.44. The number of amides is 1. The molecule has 0 radical (unpaired) electrons. The SMILES string of the molecule is CN=C1NC(=O)[C@@]2(CCOc3ccccc32)c2cc(C(C)Cl)c(F)cc21. The third-order valence-electron chi connectivity index (χ3n) is 5.20. The van der Waals surface area contributed by atoms with E-state index >= 15 is 0 Å². The molecule has 0 saturated heterocycles. The van der Waals surface area contributed by atoms with Crippen LogP contribution in [-0.2, 0) is 10.2 Å². The fourth-order valence-electron chi connectivity index (χ4n) is 3.93. The molecule has 4 nitrogen and oxygen atoms in total. The van der Waals surface area contributed by atoms with Gasteiger partial charge >= 0.3 is 0 Å². The monoisotopic (exact) mass is 372 g/mol. The molecule has 2 heterocycles. The van der Waals surface area contributed by atoms with E-state index in [4.69, 9.17) is 16.3 Å². The van der Waals surface area contributed by atoms with Crippen molar-refractivity contribution in [2.75, 3.05) is 13.7 Å². The predicted molar refractivity (Wildman–Crippen MR) is 98.6 cm³/mol. The predicted octanol–water partition coefficient (Wildman–Crippen LogP) is 3.70. The summed E-state index contributed by atoms with van der Waals surface area (Å²) in [5, 5.41) is 2.34. The van der Waals surface area contributed by atoms with E-state index < -0.39 is 16.6 Å². The number of fused-ring (bicyclic) bond motifs is 4. The molecule has 1 amide bonds. The van der Waals surface area contributed by atoms with Gasteiger partial charge in [-0.3, -0.25) is 9.79 Å². The number of nitrogens with zero attached hydrogens (tertiary/aromatic N) is 1. The van der Waals surface area contributed by atoms with Gasteiger partial charge in [-0.1, -0.05) is 18.2 Å². The Balaban J connectivity index is 2.08. The Morgan fingerprint density at radius 3 is 2.81 bits per heavy atom. The van der Waals surface area contributed by atoms with Crippen LogP contribution in [0.25, 0.3) is 0 Å². The number of carbonyl (C=O) groups is 1. The minimum absolute atomic E-state index is 0.180. The molecule has 0 aromatic heterocycles. The van der Waals surface area contributed by atoms with Crippen LogP contribution >= 0.6 is 11.6 Å². The molecule has 2 aromatic rings. The van der Waals surface area contributed by atoms with Crippen LogP contribution in [0.2, 0.25) is 0 Å². The van der Waals surface area contributed by atoms with E-state index in [1.807, 2.05) is 24.3 Å². The van der Waals surface area contributed by atoms with E-state index in [0.29, 0.717) is 35.7 Å². The van der Waals surface area contributed by atoms with E-state index in [1.165, 1.54) is 6.07 Å². The van der Waals surface area contributed by atoms with E-state index in [9.17, 15) is 9.18 Å². The zero-order valence-electron chi connectivity index (χ0n) is 14.5. The lowest BCUT2D eigenvalue weighted by molar-refractivity contribution is -0.125. The number of benzene rings is 2. The summed E-state index contributed by atoms with van der Waals surface area (Å²) in [6.45, 7) is 2.11. The highest BCUT2D eigenvalue weighted by Crippen LogP contribution is 2.47. The lowest BCUT2D eigenvalue weighted by Crippen LogP contribution is -2.55. The third kappa shape index (κ3) is 2.27. The number of aliphatic imine (C=N–C) groups is 1. The van der Waals surface area contributed by atoms with E-state index in [0.717, 1.165) is 11.1 Å². The highest BCUT2D eigenvalue weighted by Gasteiger charge is 2.50. The van der Waals surface area contributed by atoms with Crippen molar-refractivity contribution in [2.24, 2.45) is 4.99 Å². The van der Waals surface area contributed by atoms with E-state index in [1.54, 1.807) is 20.0 Å². The first kappa shape index (κ1) is 17.0. The van der Waals surface area contributed by atoms with Crippen LogP contribution in [0.3, 0.4) is 0 Å². The standard InChI is InChI=1S/C20H18ClFN2O2/c1-11(21)12-9-15-13(10-16(12)22)18(23-2)24-19(25)20(15)7-8-26-17-6-4-3-5-14(17)20/h3-6,9-11H,7-8H2,1-2H3,(H,23,24,25)/t11?,20-/m1/s1. The molecule has 26 heavy (non-hydrogen) atoms. The summed E-state index contributed by atoms with van der Waals surface area (Å²) in [6.07, 6.45) is 0.460. The number of ether oxygens (including phenoxy) is 1. The Hall–Kier alpha value is -2.40. The van der Waals surface area contributed by atoms with Crippen LogP contribution in [0.4, 0.5) is 4.39 Å². The van der Waals surface area contributed by atoms with Gasteiger partial charge in [0, 0.05) is 30.2 Å². The number of rotatable bonds is 1. The number of hydrogen-bond donors (Lipinski definition) is 1. The number of carbonyl (C=O) groups excluding carboxylic acids is 1. The first-order valence-corrected chi connectivity index (χ1v) is 8.91. The van der Waals surface area contributed by atoms with Crippen molar-refractivity contribution in [1.82, 2.24) is 5.32 Å². The van der Waals surface area contributed by atoms with Gasteiger partial charge in [0.2, 0.25) is 5.91 Å². The second-order valence-electron chi connectivity index (χ2n) is 6.56. The Morgan fingerprint density at radius 1 is 1.31 bits per heavy atom. The summed E-state index contributed by atoms with van der Waals surface area (Å²) in [7, 11) is 1.57. The normalized spacial score (nSPS) is 23.8. The van der Waals surface area contributed by atoms with Crippen molar-refractivity contribution < 1.29 is 13.9 Å². The molecule has 1 unspecified atom stereocenters. The molecule has 134 valence electrons. The molecule has 2 aliphatic heterocycles.